The summed E-state index contributed by atoms with van der Waals surface area (Å²) < 4.78 is 0. The lowest BCUT2D eigenvalue weighted by Gasteiger charge is -2.10. The second kappa shape index (κ2) is 6.02. The zero-order valence-electron chi connectivity index (χ0n) is 12.0. The van der Waals surface area contributed by atoms with Gasteiger partial charge in [0.25, 0.3) is 0 Å². The molecule has 0 aliphatic heterocycles. The molecule has 1 atom stereocenters. The van der Waals surface area contributed by atoms with Crippen molar-refractivity contribution in [2.75, 3.05) is 6.54 Å². The van der Waals surface area contributed by atoms with E-state index in [4.69, 9.17) is 5.73 Å². The Kier molecular flexibility index (Phi) is 4.38. The van der Waals surface area contributed by atoms with Gasteiger partial charge in [-0.2, -0.15) is 0 Å². The quantitative estimate of drug-likeness (QED) is 0.860. The van der Waals surface area contributed by atoms with Gasteiger partial charge in [-0.15, -0.1) is 0 Å². The lowest BCUT2D eigenvalue weighted by molar-refractivity contribution is 0.595. The van der Waals surface area contributed by atoms with Crippen LogP contribution in [0.15, 0.2) is 24.4 Å². The van der Waals surface area contributed by atoms with Gasteiger partial charge in [-0.25, -0.2) is 4.98 Å². The number of H-pyrrole nitrogens is 1. The van der Waals surface area contributed by atoms with E-state index in [2.05, 4.69) is 48.9 Å². The molecule has 0 saturated heterocycles. The van der Waals surface area contributed by atoms with Crippen LogP contribution in [0.5, 0.6) is 0 Å². The van der Waals surface area contributed by atoms with Crippen molar-refractivity contribution in [3.63, 3.8) is 0 Å². The minimum Gasteiger partial charge on any atom is -0.342 e. The molecule has 3 nitrogen and oxygen atoms in total. The molecule has 1 aromatic carbocycles. The normalized spacial score (nSPS) is 12.6. The summed E-state index contributed by atoms with van der Waals surface area (Å²) in [5.41, 5.74) is 10.7. The van der Waals surface area contributed by atoms with Crippen LogP contribution >= 0.6 is 0 Å². The van der Waals surface area contributed by atoms with E-state index < -0.39 is 0 Å². The molecule has 0 aliphatic carbocycles. The summed E-state index contributed by atoms with van der Waals surface area (Å²) in [5.74, 6) is 1.35. The summed E-state index contributed by atoms with van der Waals surface area (Å²) in [5, 5.41) is 0. The summed E-state index contributed by atoms with van der Waals surface area (Å²) in [6.07, 6.45) is 4.13. The first-order valence-electron chi connectivity index (χ1n) is 6.98. The minimum absolute atomic E-state index is 0.337. The molecule has 0 radical (unpaired) electrons. The number of rotatable bonds is 5. The molecule has 0 saturated carbocycles. The van der Waals surface area contributed by atoms with Gasteiger partial charge in [0, 0.05) is 18.0 Å². The Balaban J connectivity index is 2.32. The Morgan fingerprint density at radius 2 is 2.11 bits per heavy atom. The predicted molar refractivity (Wildman–Crippen MR) is 80.2 cm³/mol. The van der Waals surface area contributed by atoms with Crippen LogP contribution in [0, 0.1) is 13.8 Å². The highest BCUT2D eigenvalue weighted by atomic mass is 14.9. The van der Waals surface area contributed by atoms with Crippen molar-refractivity contribution >= 4 is 0 Å². The molecule has 1 unspecified atom stereocenters. The number of aryl methyl sites for hydroxylation is 2. The molecule has 3 heteroatoms. The molecule has 0 spiro atoms. The smallest absolute Gasteiger partial charge is 0.110 e. The van der Waals surface area contributed by atoms with E-state index >= 15 is 0 Å². The second-order valence-electron chi connectivity index (χ2n) is 5.22. The predicted octanol–water partition coefficient (Wildman–Crippen LogP) is 3.54. The monoisotopic (exact) mass is 257 g/mol. The van der Waals surface area contributed by atoms with Crippen LogP contribution < -0.4 is 5.73 Å². The highest BCUT2D eigenvalue weighted by Gasteiger charge is 2.13. The average molecular weight is 257 g/mol. The van der Waals surface area contributed by atoms with E-state index in [1.165, 1.54) is 16.7 Å². The summed E-state index contributed by atoms with van der Waals surface area (Å²) >= 11 is 0. The summed E-state index contributed by atoms with van der Waals surface area (Å²) in [6.45, 7) is 7.06. The van der Waals surface area contributed by atoms with Gasteiger partial charge in [0.2, 0.25) is 0 Å². The number of aromatic nitrogens is 2. The number of nitrogens with zero attached hydrogens (tertiary/aromatic N) is 1. The lowest BCUT2D eigenvalue weighted by atomic mass is 10.0. The number of hydrogen-bond donors (Lipinski definition) is 2. The first-order valence-corrected chi connectivity index (χ1v) is 6.98. The lowest BCUT2D eigenvalue weighted by Crippen LogP contribution is -2.13. The number of hydrogen-bond acceptors (Lipinski definition) is 2. The van der Waals surface area contributed by atoms with Gasteiger partial charge in [-0.05, 0) is 31.9 Å². The van der Waals surface area contributed by atoms with Gasteiger partial charge in [0.1, 0.15) is 5.82 Å². The Bertz CT molecular complexity index is 543. The van der Waals surface area contributed by atoms with E-state index in [0.29, 0.717) is 12.5 Å². The van der Waals surface area contributed by atoms with E-state index in [1.54, 1.807) is 0 Å². The number of nitrogens with one attached hydrogen (secondary N) is 1. The molecule has 0 fully saturated rings. The number of imidazole rings is 1. The van der Waals surface area contributed by atoms with Gasteiger partial charge in [0.15, 0.2) is 0 Å². The Hall–Kier alpha value is -1.61. The van der Waals surface area contributed by atoms with Crippen molar-refractivity contribution in [2.24, 2.45) is 5.73 Å². The standard InChI is InChI=1S/C16H23N3/c1-4-5-13(9-17)16-18-10-15(19-16)14-8-11(2)6-7-12(14)3/h6-8,10,13H,4-5,9,17H2,1-3H3,(H,18,19). The molecule has 2 rings (SSSR count). The maximum Gasteiger partial charge on any atom is 0.110 e. The Labute approximate surface area is 115 Å². The third-order valence-corrected chi connectivity index (χ3v) is 3.59. The molecule has 0 aliphatic rings. The first kappa shape index (κ1) is 13.8. The van der Waals surface area contributed by atoms with Gasteiger partial charge in [-0.3, -0.25) is 0 Å². The van der Waals surface area contributed by atoms with Gasteiger partial charge in [-0.1, -0.05) is 31.0 Å². The number of nitrogens with two attached hydrogens (primary N) is 1. The average Bonchev–Trinajstić information content (AvgIpc) is 2.88. The fourth-order valence-corrected chi connectivity index (χ4v) is 2.42. The maximum atomic E-state index is 5.83. The largest absolute Gasteiger partial charge is 0.342 e. The Morgan fingerprint density at radius 3 is 2.79 bits per heavy atom. The third-order valence-electron chi connectivity index (χ3n) is 3.59. The number of aromatic amines is 1. The molecule has 19 heavy (non-hydrogen) atoms. The fraction of sp³-hybridized carbons (Fsp3) is 0.438. The topological polar surface area (TPSA) is 54.7 Å². The molecule has 0 bridgehead atoms. The van der Waals surface area contributed by atoms with Crippen LogP contribution in [-0.2, 0) is 0 Å². The second-order valence-corrected chi connectivity index (χ2v) is 5.22. The van der Waals surface area contributed by atoms with Gasteiger partial charge < -0.3 is 10.7 Å². The van der Waals surface area contributed by atoms with Crippen molar-refractivity contribution in [3.05, 3.63) is 41.3 Å². The maximum absolute atomic E-state index is 5.83. The van der Waals surface area contributed by atoms with Crippen molar-refractivity contribution in [1.82, 2.24) is 9.97 Å². The van der Waals surface area contributed by atoms with Crippen molar-refractivity contribution < 1.29 is 0 Å². The molecule has 1 aromatic heterocycles. The van der Waals surface area contributed by atoms with Crippen LogP contribution in [-0.4, -0.2) is 16.5 Å². The number of benzene rings is 1. The zero-order chi connectivity index (χ0) is 13.8. The highest BCUT2D eigenvalue weighted by molar-refractivity contribution is 5.63. The summed E-state index contributed by atoms with van der Waals surface area (Å²) in [6, 6.07) is 6.48. The third kappa shape index (κ3) is 3.04. The Morgan fingerprint density at radius 1 is 1.32 bits per heavy atom. The molecule has 1 heterocycles. The van der Waals surface area contributed by atoms with E-state index in [-0.39, 0.29) is 0 Å². The minimum atomic E-state index is 0.337. The van der Waals surface area contributed by atoms with Gasteiger partial charge >= 0.3 is 0 Å². The fourth-order valence-electron chi connectivity index (χ4n) is 2.42. The zero-order valence-corrected chi connectivity index (χ0v) is 12.0. The van der Waals surface area contributed by atoms with Crippen LogP contribution in [0.25, 0.3) is 11.3 Å². The molecular weight excluding hydrogens is 234 g/mol. The molecule has 102 valence electrons. The van der Waals surface area contributed by atoms with Crippen LogP contribution in [0.3, 0.4) is 0 Å². The molecule has 0 amide bonds. The highest BCUT2D eigenvalue weighted by Crippen LogP contribution is 2.25. The van der Waals surface area contributed by atoms with Crippen molar-refractivity contribution in [2.45, 2.75) is 39.5 Å². The van der Waals surface area contributed by atoms with Crippen LogP contribution in [0.4, 0.5) is 0 Å². The van der Waals surface area contributed by atoms with Crippen molar-refractivity contribution in [1.29, 1.82) is 0 Å². The molecule has 3 N–H and O–H groups in total. The van der Waals surface area contributed by atoms with Crippen LogP contribution in [0.1, 0.15) is 42.6 Å². The van der Waals surface area contributed by atoms with E-state index in [9.17, 15) is 0 Å². The first-order chi connectivity index (χ1) is 9.15. The molecule has 2 aromatic rings. The summed E-state index contributed by atoms with van der Waals surface area (Å²) in [7, 11) is 0. The van der Waals surface area contributed by atoms with Crippen molar-refractivity contribution in [3.8, 4) is 11.3 Å². The van der Waals surface area contributed by atoms with Crippen LogP contribution in [0.2, 0.25) is 0 Å². The van der Waals surface area contributed by atoms with E-state index in [1.807, 2.05) is 6.20 Å². The summed E-state index contributed by atoms with van der Waals surface area (Å²) in [4.78, 5) is 7.96. The van der Waals surface area contributed by atoms with Gasteiger partial charge in [0.05, 0.1) is 11.9 Å². The van der Waals surface area contributed by atoms with E-state index in [0.717, 1.165) is 24.4 Å². The SMILES string of the molecule is CCCC(CN)c1ncc(-c2cc(C)ccc2C)[nH]1. The molecular formula is C16H23N3.